The van der Waals surface area contributed by atoms with Gasteiger partial charge in [0, 0.05) is 45.2 Å². The van der Waals surface area contributed by atoms with Gasteiger partial charge in [-0.25, -0.2) is 0 Å². The van der Waals surface area contributed by atoms with E-state index < -0.39 is 0 Å². The number of piperidine rings is 1. The predicted molar refractivity (Wildman–Crippen MR) is 72.6 cm³/mol. The number of aromatic nitrogens is 5. The van der Waals surface area contributed by atoms with Gasteiger partial charge in [0.2, 0.25) is 5.88 Å². The van der Waals surface area contributed by atoms with Crippen LogP contribution in [0.25, 0.3) is 0 Å². The molecule has 0 N–H and O–H groups in total. The van der Waals surface area contributed by atoms with E-state index in [1.807, 2.05) is 0 Å². The summed E-state index contributed by atoms with van der Waals surface area (Å²) in [5.74, 6) is 0.442. The maximum atomic E-state index is 12.2. The standard InChI is InChI=1S/C13H16N6O2/c1-18-9-11(15-17-18)13(20)19-7-4-10(5-8-19)21-12-3-2-6-14-16-12/h2-3,6,9-10H,4-5,7-8H2,1H3. The molecule has 21 heavy (non-hydrogen) atoms. The summed E-state index contributed by atoms with van der Waals surface area (Å²) in [6, 6.07) is 3.57. The smallest absolute Gasteiger partial charge is 0.276 e. The first-order valence-electron chi connectivity index (χ1n) is 6.82. The molecule has 1 aliphatic rings. The van der Waals surface area contributed by atoms with Crippen LogP contribution < -0.4 is 4.74 Å². The van der Waals surface area contributed by atoms with Gasteiger partial charge in [-0.1, -0.05) is 5.21 Å². The van der Waals surface area contributed by atoms with Crippen molar-refractivity contribution in [1.82, 2.24) is 30.1 Å². The van der Waals surface area contributed by atoms with Crippen molar-refractivity contribution in [2.45, 2.75) is 18.9 Å². The van der Waals surface area contributed by atoms with Crippen molar-refractivity contribution >= 4 is 5.91 Å². The fraction of sp³-hybridized carbons (Fsp3) is 0.462. The molecule has 0 spiro atoms. The van der Waals surface area contributed by atoms with Gasteiger partial charge in [0.05, 0.1) is 6.20 Å². The number of hydrogen-bond donors (Lipinski definition) is 0. The lowest BCUT2D eigenvalue weighted by molar-refractivity contribution is 0.0580. The fourth-order valence-corrected chi connectivity index (χ4v) is 2.31. The number of aryl methyl sites for hydroxylation is 1. The number of hydrogen-bond acceptors (Lipinski definition) is 6. The Kier molecular flexibility index (Phi) is 3.76. The van der Waals surface area contributed by atoms with Crippen LogP contribution in [0.1, 0.15) is 23.3 Å². The van der Waals surface area contributed by atoms with Crippen molar-refractivity contribution in [3.05, 3.63) is 30.2 Å². The van der Waals surface area contributed by atoms with Gasteiger partial charge < -0.3 is 9.64 Å². The molecule has 0 unspecified atom stereocenters. The zero-order valence-electron chi connectivity index (χ0n) is 11.7. The lowest BCUT2D eigenvalue weighted by atomic mass is 10.1. The van der Waals surface area contributed by atoms with Crippen molar-refractivity contribution in [2.24, 2.45) is 7.05 Å². The number of likely N-dealkylation sites (tertiary alicyclic amines) is 1. The fourth-order valence-electron chi connectivity index (χ4n) is 2.31. The van der Waals surface area contributed by atoms with Crippen LogP contribution in [0.3, 0.4) is 0 Å². The first kappa shape index (κ1) is 13.5. The van der Waals surface area contributed by atoms with Crippen LogP contribution in [0.5, 0.6) is 5.88 Å². The molecule has 0 aromatic carbocycles. The molecular formula is C13H16N6O2. The number of rotatable bonds is 3. The van der Waals surface area contributed by atoms with E-state index in [0.717, 1.165) is 12.8 Å². The average molecular weight is 288 g/mol. The highest BCUT2D eigenvalue weighted by Gasteiger charge is 2.26. The molecule has 1 amide bonds. The van der Waals surface area contributed by atoms with Crippen LogP contribution >= 0.6 is 0 Å². The van der Waals surface area contributed by atoms with Gasteiger partial charge in [0.1, 0.15) is 6.10 Å². The third-order valence-electron chi connectivity index (χ3n) is 3.39. The van der Waals surface area contributed by atoms with Gasteiger partial charge in [0.25, 0.3) is 5.91 Å². The Balaban J connectivity index is 1.54. The first-order valence-corrected chi connectivity index (χ1v) is 6.82. The zero-order valence-corrected chi connectivity index (χ0v) is 11.7. The van der Waals surface area contributed by atoms with Crippen molar-refractivity contribution in [3.8, 4) is 5.88 Å². The van der Waals surface area contributed by atoms with E-state index in [1.54, 1.807) is 36.5 Å². The predicted octanol–water partition coefficient (Wildman–Crippen LogP) is 0.289. The van der Waals surface area contributed by atoms with E-state index in [9.17, 15) is 4.79 Å². The Morgan fingerprint density at radius 1 is 1.33 bits per heavy atom. The van der Waals surface area contributed by atoms with Crippen molar-refractivity contribution in [3.63, 3.8) is 0 Å². The van der Waals surface area contributed by atoms with Crippen LogP contribution in [0.2, 0.25) is 0 Å². The number of amides is 1. The monoisotopic (exact) mass is 288 g/mol. The van der Waals surface area contributed by atoms with E-state index in [1.165, 1.54) is 4.68 Å². The van der Waals surface area contributed by atoms with Crippen LogP contribution in [0, 0.1) is 0 Å². The number of carbonyl (C=O) groups is 1. The zero-order chi connectivity index (χ0) is 14.7. The molecule has 8 heteroatoms. The van der Waals surface area contributed by atoms with E-state index >= 15 is 0 Å². The third kappa shape index (κ3) is 3.15. The Hall–Kier alpha value is -2.51. The second-order valence-electron chi connectivity index (χ2n) is 4.95. The maximum Gasteiger partial charge on any atom is 0.276 e. The number of ether oxygens (including phenoxy) is 1. The van der Waals surface area contributed by atoms with E-state index in [4.69, 9.17) is 4.74 Å². The summed E-state index contributed by atoms with van der Waals surface area (Å²) in [7, 11) is 1.74. The van der Waals surface area contributed by atoms with Gasteiger partial charge in [-0.05, 0) is 6.07 Å². The normalized spacial score (nSPS) is 16.0. The largest absolute Gasteiger partial charge is 0.473 e. The summed E-state index contributed by atoms with van der Waals surface area (Å²) in [4.78, 5) is 14.0. The second kappa shape index (κ2) is 5.86. The minimum atomic E-state index is -0.0824. The SMILES string of the molecule is Cn1cc(C(=O)N2CCC(Oc3cccnn3)CC2)nn1. The lowest BCUT2D eigenvalue weighted by Crippen LogP contribution is -2.42. The quantitative estimate of drug-likeness (QED) is 0.807. The van der Waals surface area contributed by atoms with Gasteiger partial charge in [-0.2, -0.15) is 5.10 Å². The summed E-state index contributed by atoms with van der Waals surface area (Å²) in [6.45, 7) is 1.28. The molecule has 2 aromatic heterocycles. The van der Waals surface area contributed by atoms with E-state index in [0.29, 0.717) is 24.7 Å². The molecule has 1 fully saturated rings. The summed E-state index contributed by atoms with van der Waals surface area (Å²) in [6.07, 6.45) is 4.83. The highest BCUT2D eigenvalue weighted by atomic mass is 16.5. The van der Waals surface area contributed by atoms with Crippen molar-refractivity contribution < 1.29 is 9.53 Å². The van der Waals surface area contributed by atoms with E-state index in [2.05, 4.69) is 20.5 Å². The van der Waals surface area contributed by atoms with Crippen molar-refractivity contribution in [1.29, 1.82) is 0 Å². The summed E-state index contributed by atoms with van der Waals surface area (Å²) in [5, 5.41) is 15.3. The minimum Gasteiger partial charge on any atom is -0.473 e. The number of nitrogens with zero attached hydrogens (tertiary/aromatic N) is 6. The van der Waals surface area contributed by atoms with Gasteiger partial charge >= 0.3 is 0 Å². The first-order chi connectivity index (χ1) is 10.2. The van der Waals surface area contributed by atoms with Crippen molar-refractivity contribution in [2.75, 3.05) is 13.1 Å². The van der Waals surface area contributed by atoms with Crippen LogP contribution in [0.15, 0.2) is 24.5 Å². The second-order valence-corrected chi connectivity index (χ2v) is 4.95. The average Bonchev–Trinajstić information content (AvgIpc) is 2.95. The molecule has 0 aliphatic carbocycles. The Labute approximate surface area is 121 Å². The highest BCUT2D eigenvalue weighted by molar-refractivity contribution is 5.91. The molecule has 1 saturated heterocycles. The van der Waals surface area contributed by atoms with Crippen LogP contribution in [0.4, 0.5) is 0 Å². The highest BCUT2D eigenvalue weighted by Crippen LogP contribution is 2.17. The maximum absolute atomic E-state index is 12.2. The molecule has 3 heterocycles. The summed E-state index contributed by atoms with van der Waals surface area (Å²) < 4.78 is 7.27. The Bertz CT molecular complexity index is 606. The van der Waals surface area contributed by atoms with E-state index in [-0.39, 0.29) is 12.0 Å². The minimum absolute atomic E-state index is 0.0626. The molecule has 0 atom stereocenters. The molecule has 0 radical (unpaired) electrons. The molecule has 1 aliphatic heterocycles. The molecule has 3 rings (SSSR count). The number of carbonyl (C=O) groups excluding carboxylic acids is 1. The Morgan fingerprint density at radius 3 is 2.76 bits per heavy atom. The van der Waals surface area contributed by atoms with Gasteiger partial charge in [0.15, 0.2) is 5.69 Å². The molecular weight excluding hydrogens is 272 g/mol. The van der Waals surface area contributed by atoms with Crippen LogP contribution in [-0.2, 0) is 7.05 Å². The molecule has 110 valence electrons. The summed E-state index contributed by atoms with van der Waals surface area (Å²) in [5.41, 5.74) is 0.380. The third-order valence-corrected chi connectivity index (χ3v) is 3.39. The van der Waals surface area contributed by atoms with Crippen LogP contribution in [-0.4, -0.2) is 55.2 Å². The molecule has 2 aromatic rings. The topological polar surface area (TPSA) is 86.0 Å². The summed E-state index contributed by atoms with van der Waals surface area (Å²) >= 11 is 0. The van der Waals surface area contributed by atoms with Gasteiger partial charge in [-0.15, -0.1) is 10.2 Å². The van der Waals surface area contributed by atoms with Gasteiger partial charge in [-0.3, -0.25) is 9.48 Å². The molecule has 0 bridgehead atoms. The lowest BCUT2D eigenvalue weighted by Gasteiger charge is -2.31. The Morgan fingerprint density at radius 2 is 2.14 bits per heavy atom. The molecule has 8 nitrogen and oxygen atoms in total. The molecule has 0 saturated carbocycles.